The van der Waals surface area contributed by atoms with E-state index in [-0.39, 0.29) is 6.61 Å². The van der Waals surface area contributed by atoms with Crippen LogP contribution >= 0.6 is 0 Å². The maximum absolute atomic E-state index is 12.4. The lowest BCUT2D eigenvalue weighted by Crippen LogP contribution is -2.50. The highest BCUT2D eigenvalue weighted by Gasteiger charge is 2.35. The number of Topliss-reactive ketones (excluding diaryl/α,β-unsaturated/α-hetero) is 1. The first-order chi connectivity index (χ1) is 12.0. The van der Waals surface area contributed by atoms with Crippen LogP contribution in [0.4, 0.5) is 5.82 Å². The maximum Gasteiger partial charge on any atom is 0.332 e. The van der Waals surface area contributed by atoms with Crippen molar-refractivity contribution in [2.45, 2.75) is 31.7 Å². The molecule has 2 rings (SSSR count). The number of hydrogen-bond donors (Lipinski definition) is 3. The van der Waals surface area contributed by atoms with Crippen molar-refractivity contribution in [3.05, 3.63) is 60.3 Å². The van der Waals surface area contributed by atoms with Gasteiger partial charge in [0.1, 0.15) is 18.5 Å². The normalized spacial score (nSPS) is 14.2. The molecule has 1 heterocycles. The van der Waals surface area contributed by atoms with Gasteiger partial charge in [0, 0.05) is 6.20 Å². The number of nitrogens with one attached hydrogen (secondary N) is 1. The van der Waals surface area contributed by atoms with E-state index in [2.05, 4.69) is 10.3 Å². The fraction of sp³-hybridized carbons (Fsp3) is 0.278. The zero-order valence-electron chi connectivity index (χ0n) is 13.8. The predicted molar refractivity (Wildman–Crippen MR) is 92.5 cm³/mol. The number of nitrogens with two attached hydrogens (primary N) is 1. The summed E-state index contributed by atoms with van der Waals surface area (Å²) in [6.07, 6.45) is -0.126. The molecule has 0 aliphatic carbocycles. The number of esters is 1. The van der Waals surface area contributed by atoms with Gasteiger partial charge in [0.15, 0.2) is 11.8 Å². The number of pyridine rings is 1. The van der Waals surface area contributed by atoms with Crippen molar-refractivity contribution in [1.82, 2.24) is 4.98 Å². The minimum atomic E-state index is -1.65. The second kappa shape index (κ2) is 8.91. The third-order valence-corrected chi connectivity index (χ3v) is 3.50. The Labute approximate surface area is 145 Å². The van der Waals surface area contributed by atoms with Crippen molar-refractivity contribution < 1.29 is 19.4 Å². The van der Waals surface area contributed by atoms with Gasteiger partial charge in [0.2, 0.25) is 0 Å². The predicted octanol–water partition coefficient (Wildman–Crippen LogP) is 0.883. The highest BCUT2D eigenvalue weighted by molar-refractivity contribution is 5.94. The molecule has 7 nitrogen and oxygen atoms in total. The van der Waals surface area contributed by atoms with E-state index in [0.29, 0.717) is 5.82 Å². The van der Waals surface area contributed by atoms with E-state index in [4.69, 9.17) is 10.5 Å². The van der Waals surface area contributed by atoms with Crippen molar-refractivity contribution in [1.29, 1.82) is 0 Å². The molecule has 1 unspecified atom stereocenters. The number of nitrogens with zero attached hydrogens (tertiary/aromatic N) is 1. The number of ketones is 1. The van der Waals surface area contributed by atoms with Gasteiger partial charge in [-0.1, -0.05) is 36.4 Å². The van der Waals surface area contributed by atoms with Crippen molar-refractivity contribution in [3.63, 3.8) is 0 Å². The first kappa shape index (κ1) is 18.6. The van der Waals surface area contributed by atoms with Crippen LogP contribution in [0.25, 0.3) is 0 Å². The molecule has 3 atom stereocenters. The van der Waals surface area contributed by atoms with Gasteiger partial charge in [-0.2, -0.15) is 0 Å². The maximum atomic E-state index is 12.4. The summed E-state index contributed by atoms with van der Waals surface area (Å²) in [5.41, 5.74) is 6.32. The lowest BCUT2D eigenvalue weighted by molar-refractivity contribution is -0.151. The van der Waals surface area contributed by atoms with E-state index in [0.717, 1.165) is 5.56 Å². The first-order valence-corrected chi connectivity index (χ1v) is 7.84. The molecule has 132 valence electrons. The molecule has 2 aromatic rings. The van der Waals surface area contributed by atoms with Crippen molar-refractivity contribution in [2.75, 3.05) is 5.32 Å². The Morgan fingerprint density at radius 3 is 2.48 bits per heavy atom. The third-order valence-electron chi connectivity index (χ3n) is 3.50. The molecule has 7 heteroatoms. The van der Waals surface area contributed by atoms with Crippen molar-refractivity contribution in [3.8, 4) is 0 Å². The number of aliphatic hydroxyl groups excluding tert-OH is 1. The Bertz CT molecular complexity index is 692. The number of benzene rings is 1. The first-order valence-electron chi connectivity index (χ1n) is 7.84. The SMILES string of the molecule is C[C@H](N)C(=O)C(O)[C@H](Nc1ccccn1)C(=O)OCc1ccccc1. The summed E-state index contributed by atoms with van der Waals surface area (Å²) in [7, 11) is 0. The number of ether oxygens (including phenoxy) is 1. The van der Waals surface area contributed by atoms with Gasteiger partial charge in [-0.3, -0.25) is 4.79 Å². The molecule has 1 aromatic heterocycles. The molecule has 0 bridgehead atoms. The molecule has 0 saturated carbocycles. The summed E-state index contributed by atoms with van der Waals surface area (Å²) in [4.78, 5) is 28.5. The summed E-state index contributed by atoms with van der Waals surface area (Å²) in [5, 5.41) is 13.0. The summed E-state index contributed by atoms with van der Waals surface area (Å²) >= 11 is 0. The largest absolute Gasteiger partial charge is 0.459 e. The summed E-state index contributed by atoms with van der Waals surface area (Å²) < 4.78 is 5.23. The quantitative estimate of drug-likeness (QED) is 0.610. The summed E-state index contributed by atoms with van der Waals surface area (Å²) in [5.74, 6) is -1.10. The van der Waals surface area contributed by atoms with Crippen LogP contribution in [0.3, 0.4) is 0 Å². The topological polar surface area (TPSA) is 115 Å². The Morgan fingerprint density at radius 2 is 1.88 bits per heavy atom. The molecule has 0 spiro atoms. The fourth-order valence-electron chi connectivity index (χ4n) is 2.13. The van der Waals surface area contributed by atoms with Crippen LogP contribution < -0.4 is 11.1 Å². The minimum Gasteiger partial charge on any atom is -0.459 e. The zero-order valence-corrected chi connectivity index (χ0v) is 13.8. The molecular weight excluding hydrogens is 322 g/mol. The lowest BCUT2D eigenvalue weighted by atomic mass is 10.0. The monoisotopic (exact) mass is 343 g/mol. The molecule has 0 radical (unpaired) electrons. The van der Waals surface area contributed by atoms with E-state index in [1.165, 1.54) is 13.1 Å². The van der Waals surface area contributed by atoms with Crippen molar-refractivity contribution in [2.24, 2.45) is 5.73 Å². The molecule has 0 aliphatic rings. The number of anilines is 1. The Balaban J connectivity index is 2.12. The van der Waals surface area contributed by atoms with Crippen LogP contribution in [-0.4, -0.2) is 40.0 Å². The molecule has 0 fully saturated rings. The van der Waals surface area contributed by atoms with Gasteiger partial charge in [-0.05, 0) is 24.6 Å². The van der Waals surface area contributed by atoms with E-state index in [9.17, 15) is 14.7 Å². The highest BCUT2D eigenvalue weighted by Crippen LogP contribution is 2.11. The fourth-order valence-corrected chi connectivity index (χ4v) is 2.13. The molecular formula is C18H21N3O4. The van der Waals surface area contributed by atoms with Gasteiger partial charge < -0.3 is 20.9 Å². The number of aromatic nitrogens is 1. The average molecular weight is 343 g/mol. The van der Waals surface area contributed by atoms with Gasteiger partial charge in [-0.15, -0.1) is 0 Å². The van der Waals surface area contributed by atoms with Crippen LogP contribution in [0.1, 0.15) is 12.5 Å². The van der Waals surface area contributed by atoms with Gasteiger partial charge in [0.25, 0.3) is 0 Å². The van der Waals surface area contributed by atoms with E-state index >= 15 is 0 Å². The second-order valence-corrected chi connectivity index (χ2v) is 5.57. The van der Waals surface area contributed by atoms with Crippen LogP contribution in [0, 0.1) is 0 Å². The minimum absolute atomic E-state index is 0.0269. The average Bonchev–Trinajstić information content (AvgIpc) is 2.64. The van der Waals surface area contributed by atoms with Gasteiger partial charge in [-0.25, -0.2) is 9.78 Å². The molecule has 4 N–H and O–H groups in total. The summed E-state index contributed by atoms with van der Waals surface area (Å²) in [6.45, 7) is 1.47. The molecule has 0 saturated heterocycles. The lowest BCUT2D eigenvalue weighted by Gasteiger charge is -2.23. The second-order valence-electron chi connectivity index (χ2n) is 5.57. The van der Waals surface area contributed by atoms with Crippen LogP contribution in [-0.2, 0) is 20.9 Å². The molecule has 25 heavy (non-hydrogen) atoms. The Kier molecular flexibility index (Phi) is 6.62. The smallest absolute Gasteiger partial charge is 0.332 e. The van der Waals surface area contributed by atoms with E-state index < -0.39 is 29.9 Å². The third kappa shape index (κ3) is 5.37. The number of hydrogen-bond acceptors (Lipinski definition) is 7. The number of carbonyl (C=O) groups is 2. The van der Waals surface area contributed by atoms with Crippen LogP contribution in [0.15, 0.2) is 54.7 Å². The Hall–Kier alpha value is -2.77. The van der Waals surface area contributed by atoms with Crippen LogP contribution in [0.5, 0.6) is 0 Å². The van der Waals surface area contributed by atoms with Crippen molar-refractivity contribution >= 4 is 17.6 Å². The van der Waals surface area contributed by atoms with E-state index in [1.54, 1.807) is 30.3 Å². The Morgan fingerprint density at radius 1 is 1.20 bits per heavy atom. The van der Waals surface area contributed by atoms with Crippen LogP contribution in [0.2, 0.25) is 0 Å². The van der Waals surface area contributed by atoms with Gasteiger partial charge in [0.05, 0.1) is 6.04 Å². The number of carbonyl (C=O) groups excluding carboxylic acids is 2. The molecule has 0 aliphatic heterocycles. The van der Waals surface area contributed by atoms with Gasteiger partial charge >= 0.3 is 5.97 Å². The number of rotatable bonds is 8. The zero-order chi connectivity index (χ0) is 18.2. The highest BCUT2D eigenvalue weighted by atomic mass is 16.5. The molecule has 0 amide bonds. The number of aliphatic hydroxyl groups is 1. The van der Waals surface area contributed by atoms with E-state index in [1.807, 2.05) is 18.2 Å². The standard InChI is InChI=1S/C18H21N3O4/c1-12(19)16(22)17(23)15(21-14-9-5-6-10-20-14)18(24)25-11-13-7-3-2-4-8-13/h2-10,12,15,17,23H,11,19H2,1H3,(H,20,21)/t12-,15-,17?/m0/s1. The molecule has 1 aromatic carbocycles. The summed E-state index contributed by atoms with van der Waals surface area (Å²) in [6, 6.07) is 11.9.